The maximum atomic E-state index is 12.8. The van der Waals surface area contributed by atoms with E-state index in [1.807, 2.05) is 56.6 Å². The molecule has 7 nitrogen and oxygen atoms in total. The van der Waals surface area contributed by atoms with E-state index in [-0.39, 0.29) is 18.5 Å². The monoisotopic (exact) mass is 401 g/mol. The molecule has 3 rings (SSSR count). The molecule has 0 radical (unpaired) electrons. The first-order chi connectivity index (χ1) is 13.3. The molecule has 3 aromatic rings. The predicted molar refractivity (Wildman–Crippen MR) is 107 cm³/mol. The molecular formula is C20H24ClN5O2. The molecule has 1 amide bonds. The number of hydrogen-bond acceptors (Lipinski definition) is 5. The number of carbonyl (C=O) groups excluding carboxylic acids is 1. The van der Waals surface area contributed by atoms with Crippen LogP contribution in [0.1, 0.15) is 37.5 Å². The van der Waals surface area contributed by atoms with Gasteiger partial charge in [0.2, 0.25) is 17.7 Å². The predicted octanol–water partition coefficient (Wildman–Crippen LogP) is 4.03. The molecule has 1 aromatic carbocycles. The number of halogens is 1. The second-order valence-electron chi connectivity index (χ2n) is 7.00. The van der Waals surface area contributed by atoms with Gasteiger partial charge in [-0.3, -0.25) is 9.48 Å². The molecular weight excluding hydrogens is 378 g/mol. The average Bonchev–Trinajstić information content (AvgIpc) is 3.23. The van der Waals surface area contributed by atoms with Gasteiger partial charge in [0.15, 0.2) is 0 Å². The zero-order valence-electron chi connectivity index (χ0n) is 16.5. The molecule has 0 aliphatic carbocycles. The molecule has 28 heavy (non-hydrogen) atoms. The minimum absolute atomic E-state index is 0.00335. The van der Waals surface area contributed by atoms with E-state index in [2.05, 4.69) is 15.3 Å². The highest BCUT2D eigenvalue weighted by Crippen LogP contribution is 2.26. The number of amides is 1. The van der Waals surface area contributed by atoms with Gasteiger partial charge >= 0.3 is 0 Å². The van der Waals surface area contributed by atoms with Gasteiger partial charge in [-0.05, 0) is 45.9 Å². The van der Waals surface area contributed by atoms with Crippen LogP contribution >= 0.6 is 11.6 Å². The van der Waals surface area contributed by atoms with Gasteiger partial charge in [-0.2, -0.15) is 5.10 Å². The van der Waals surface area contributed by atoms with Crippen molar-refractivity contribution in [3.05, 3.63) is 52.6 Å². The van der Waals surface area contributed by atoms with Crippen molar-refractivity contribution in [2.75, 3.05) is 0 Å². The third-order valence-corrected chi connectivity index (χ3v) is 4.79. The second-order valence-corrected chi connectivity index (χ2v) is 7.40. The summed E-state index contributed by atoms with van der Waals surface area (Å²) in [4.78, 5) is 14.5. The van der Waals surface area contributed by atoms with Gasteiger partial charge in [0.1, 0.15) is 0 Å². The zero-order chi connectivity index (χ0) is 20.3. The van der Waals surface area contributed by atoms with Crippen LogP contribution in [-0.4, -0.2) is 36.8 Å². The third-order valence-electron chi connectivity index (χ3n) is 4.46. The van der Waals surface area contributed by atoms with Gasteiger partial charge in [-0.1, -0.05) is 23.7 Å². The lowest BCUT2D eigenvalue weighted by Crippen LogP contribution is -2.37. The van der Waals surface area contributed by atoms with Crippen molar-refractivity contribution >= 4 is 17.5 Å². The van der Waals surface area contributed by atoms with Crippen LogP contribution in [0.5, 0.6) is 0 Å². The summed E-state index contributed by atoms with van der Waals surface area (Å²) in [5.74, 6) is 0.738. The lowest BCUT2D eigenvalue weighted by atomic mass is 10.2. The first-order valence-corrected chi connectivity index (χ1v) is 9.60. The second kappa shape index (κ2) is 8.56. The van der Waals surface area contributed by atoms with E-state index in [9.17, 15) is 4.79 Å². The van der Waals surface area contributed by atoms with Crippen molar-refractivity contribution in [1.82, 2.24) is 24.9 Å². The van der Waals surface area contributed by atoms with E-state index >= 15 is 0 Å². The molecule has 2 aromatic heterocycles. The summed E-state index contributed by atoms with van der Waals surface area (Å²) in [5.41, 5.74) is 2.67. The molecule has 0 unspecified atom stereocenters. The van der Waals surface area contributed by atoms with Gasteiger partial charge in [0.05, 0.1) is 22.8 Å². The summed E-state index contributed by atoms with van der Waals surface area (Å²) in [6, 6.07) is 9.28. The normalized spacial score (nSPS) is 11.2. The number of hydrogen-bond donors (Lipinski definition) is 0. The number of nitrogens with zero attached hydrogens (tertiary/aromatic N) is 5. The average molecular weight is 402 g/mol. The highest BCUT2D eigenvalue weighted by molar-refractivity contribution is 6.33. The van der Waals surface area contributed by atoms with Gasteiger partial charge in [-0.15, -0.1) is 10.2 Å². The fourth-order valence-electron chi connectivity index (χ4n) is 3.01. The van der Waals surface area contributed by atoms with Gasteiger partial charge in [0.25, 0.3) is 0 Å². The summed E-state index contributed by atoms with van der Waals surface area (Å²) >= 11 is 6.19. The minimum atomic E-state index is 0.00335. The van der Waals surface area contributed by atoms with E-state index in [1.54, 1.807) is 11.0 Å². The smallest absolute Gasteiger partial charge is 0.249 e. The molecule has 8 heteroatoms. The van der Waals surface area contributed by atoms with Gasteiger partial charge in [0, 0.05) is 24.7 Å². The van der Waals surface area contributed by atoms with E-state index in [0.29, 0.717) is 35.3 Å². The summed E-state index contributed by atoms with van der Waals surface area (Å²) in [7, 11) is 0. The molecule has 0 saturated carbocycles. The Morgan fingerprint density at radius 2 is 2.00 bits per heavy atom. The fraction of sp³-hybridized carbons (Fsp3) is 0.400. The van der Waals surface area contributed by atoms with Crippen LogP contribution in [0.25, 0.3) is 11.5 Å². The Labute approximate surface area is 169 Å². The Kier molecular flexibility index (Phi) is 6.14. The number of benzene rings is 1. The first kappa shape index (κ1) is 20.1. The van der Waals surface area contributed by atoms with Crippen LogP contribution in [-0.2, 0) is 17.9 Å². The van der Waals surface area contributed by atoms with Crippen LogP contribution in [0.15, 0.2) is 34.7 Å². The van der Waals surface area contributed by atoms with Crippen LogP contribution in [0.2, 0.25) is 5.02 Å². The number of aryl methyl sites for hydroxylation is 3. The van der Waals surface area contributed by atoms with E-state index < -0.39 is 0 Å². The fourth-order valence-corrected chi connectivity index (χ4v) is 3.23. The topological polar surface area (TPSA) is 77.0 Å². The molecule has 2 heterocycles. The highest BCUT2D eigenvalue weighted by Gasteiger charge is 2.21. The molecule has 0 N–H and O–H groups in total. The van der Waals surface area contributed by atoms with Crippen molar-refractivity contribution in [1.29, 1.82) is 0 Å². The standard InChI is InChI=1S/C20H24ClN5O2/c1-13(2)25(19(27)9-10-26-15(4)11-14(3)24-26)12-18-22-23-20(28-18)16-7-5-6-8-17(16)21/h5-8,11,13H,9-10,12H2,1-4H3. The molecule has 148 valence electrons. The molecule has 0 saturated heterocycles. The molecule has 0 fully saturated rings. The number of carbonyl (C=O) groups is 1. The van der Waals surface area contributed by atoms with E-state index in [1.165, 1.54) is 0 Å². The van der Waals surface area contributed by atoms with Gasteiger partial charge in [-0.25, -0.2) is 0 Å². The molecule has 0 aliphatic rings. The lowest BCUT2D eigenvalue weighted by Gasteiger charge is -2.25. The van der Waals surface area contributed by atoms with Crippen LogP contribution in [0.4, 0.5) is 0 Å². The third kappa shape index (κ3) is 4.59. The number of aromatic nitrogens is 4. The van der Waals surface area contributed by atoms with Crippen LogP contribution in [0.3, 0.4) is 0 Å². The molecule has 0 spiro atoms. The Bertz CT molecular complexity index is 963. The molecule has 0 atom stereocenters. The van der Waals surface area contributed by atoms with E-state index in [4.69, 9.17) is 16.0 Å². The maximum Gasteiger partial charge on any atom is 0.249 e. The number of rotatable bonds is 7. The molecule has 0 aliphatic heterocycles. The van der Waals surface area contributed by atoms with Gasteiger partial charge < -0.3 is 9.32 Å². The van der Waals surface area contributed by atoms with Crippen molar-refractivity contribution in [2.45, 2.75) is 53.2 Å². The molecule has 0 bridgehead atoms. The van der Waals surface area contributed by atoms with Crippen molar-refractivity contribution < 1.29 is 9.21 Å². The first-order valence-electron chi connectivity index (χ1n) is 9.23. The SMILES string of the molecule is Cc1cc(C)n(CCC(=O)N(Cc2nnc(-c3ccccc3Cl)o2)C(C)C)n1. The lowest BCUT2D eigenvalue weighted by molar-refractivity contribution is -0.134. The van der Waals surface area contributed by atoms with E-state index in [0.717, 1.165) is 11.4 Å². The summed E-state index contributed by atoms with van der Waals surface area (Å²) in [6.07, 6.45) is 0.353. The minimum Gasteiger partial charge on any atom is -0.419 e. The summed E-state index contributed by atoms with van der Waals surface area (Å²) in [6.45, 7) is 8.65. The Morgan fingerprint density at radius 1 is 1.25 bits per heavy atom. The van der Waals surface area contributed by atoms with Crippen molar-refractivity contribution in [3.63, 3.8) is 0 Å². The summed E-state index contributed by atoms with van der Waals surface area (Å²) < 4.78 is 7.60. The Morgan fingerprint density at radius 3 is 2.64 bits per heavy atom. The quantitative estimate of drug-likeness (QED) is 0.597. The van der Waals surface area contributed by atoms with Crippen LogP contribution < -0.4 is 0 Å². The maximum absolute atomic E-state index is 12.8. The highest BCUT2D eigenvalue weighted by atomic mass is 35.5. The Balaban J connectivity index is 1.68. The Hall–Kier alpha value is -2.67. The zero-order valence-corrected chi connectivity index (χ0v) is 17.3. The largest absolute Gasteiger partial charge is 0.419 e. The van der Waals surface area contributed by atoms with Crippen LogP contribution in [0, 0.1) is 13.8 Å². The van der Waals surface area contributed by atoms with Crippen molar-refractivity contribution in [2.24, 2.45) is 0 Å². The van der Waals surface area contributed by atoms with Crippen molar-refractivity contribution in [3.8, 4) is 11.5 Å². The summed E-state index contributed by atoms with van der Waals surface area (Å²) in [5, 5.41) is 13.1.